The number of benzene rings is 1. The van der Waals surface area contributed by atoms with Crippen molar-refractivity contribution < 1.29 is 14.6 Å². The second kappa shape index (κ2) is 8.61. The lowest BCUT2D eigenvalue weighted by atomic mass is 10.2. The molecule has 1 aromatic carbocycles. The van der Waals surface area contributed by atoms with Crippen LogP contribution in [0.15, 0.2) is 35.7 Å². The summed E-state index contributed by atoms with van der Waals surface area (Å²) >= 11 is 1.43. The Balaban J connectivity index is 2.57. The predicted octanol–water partition coefficient (Wildman–Crippen LogP) is 3.11. The third-order valence-electron chi connectivity index (χ3n) is 2.49. The number of anilines is 1. The Morgan fingerprint density at radius 1 is 1.53 bits per heavy atom. The maximum atomic E-state index is 11.3. The number of carboxylic acid groups (broad SMARTS) is 1. The van der Waals surface area contributed by atoms with Crippen LogP contribution < -0.4 is 5.32 Å². The molecule has 5 heteroatoms. The summed E-state index contributed by atoms with van der Waals surface area (Å²) in [6.07, 6.45) is 4.49. The van der Waals surface area contributed by atoms with Gasteiger partial charge in [0, 0.05) is 17.1 Å². The number of nitrogens with one attached hydrogen (secondary N) is 1. The first-order chi connectivity index (χ1) is 9.20. The first kappa shape index (κ1) is 15.6. The number of rotatable bonds is 9. The van der Waals surface area contributed by atoms with Gasteiger partial charge >= 0.3 is 5.97 Å². The molecular weight excluding hydrogens is 262 g/mol. The van der Waals surface area contributed by atoms with Gasteiger partial charge in [-0.1, -0.05) is 12.1 Å². The van der Waals surface area contributed by atoms with Crippen molar-refractivity contribution in [2.45, 2.75) is 11.3 Å². The number of hydrogen-bond acceptors (Lipinski definition) is 4. The third-order valence-corrected chi connectivity index (χ3v) is 3.27. The molecule has 1 rings (SSSR count). The highest BCUT2D eigenvalue weighted by molar-refractivity contribution is 7.98. The van der Waals surface area contributed by atoms with E-state index in [0.29, 0.717) is 31.0 Å². The van der Waals surface area contributed by atoms with Crippen molar-refractivity contribution in [1.82, 2.24) is 0 Å². The van der Waals surface area contributed by atoms with Crippen LogP contribution >= 0.6 is 11.8 Å². The monoisotopic (exact) mass is 281 g/mol. The van der Waals surface area contributed by atoms with Crippen molar-refractivity contribution in [2.24, 2.45) is 0 Å². The molecule has 0 aliphatic carbocycles. The number of ether oxygens (including phenoxy) is 1. The zero-order valence-electron chi connectivity index (χ0n) is 11.0. The smallest absolute Gasteiger partial charge is 0.338 e. The SMILES string of the molecule is C=CCCOCCNc1cccc(SC)c1C(=O)O. The Morgan fingerprint density at radius 3 is 2.95 bits per heavy atom. The van der Waals surface area contributed by atoms with E-state index in [1.807, 2.05) is 12.3 Å². The van der Waals surface area contributed by atoms with E-state index in [1.54, 1.807) is 18.2 Å². The minimum absolute atomic E-state index is 0.320. The van der Waals surface area contributed by atoms with Crippen LogP contribution in [0.4, 0.5) is 5.69 Å². The lowest BCUT2D eigenvalue weighted by Crippen LogP contribution is -2.13. The number of hydrogen-bond donors (Lipinski definition) is 2. The summed E-state index contributed by atoms with van der Waals surface area (Å²) in [5, 5.41) is 12.4. The summed E-state index contributed by atoms with van der Waals surface area (Å²) < 4.78 is 5.37. The van der Waals surface area contributed by atoms with E-state index in [9.17, 15) is 9.90 Å². The standard InChI is InChI=1S/C14H19NO3S/c1-3-4-9-18-10-8-15-11-6-5-7-12(19-2)13(11)14(16)17/h3,5-7,15H,1,4,8-10H2,2H3,(H,16,17). The molecule has 0 spiro atoms. The molecule has 0 atom stereocenters. The van der Waals surface area contributed by atoms with E-state index >= 15 is 0 Å². The highest BCUT2D eigenvalue weighted by atomic mass is 32.2. The van der Waals surface area contributed by atoms with Gasteiger partial charge in [0.15, 0.2) is 0 Å². The van der Waals surface area contributed by atoms with Crippen molar-refractivity contribution in [1.29, 1.82) is 0 Å². The first-order valence-corrected chi connectivity index (χ1v) is 7.26. The van der Waals surface area contributed by atoms with Gasteiger partial charge in [-0.3, -0.25) is 0 Å². The molecule has 0 unspecified atom stereocenters. The molecule has 0 amide bonds. The molecule has 19 heavy (non-hydrogen) atoms. The Bertz CT molecular complexity index is 435. The molecular formula is C14H19NO3S. The zero-order valence-corrected chi connectivity index (χ0v) is 11.8. The van der Waals surface area contributed by atoms with E-state index in [0.717, 1.165) is 11.3 Å². The Hall–Kier alpha value is -1.46. The van der Waals surface area contributed by atoms with Gasteiger partial charge in [0.1, 0.15) is 0 Å². The molecule has 0 aliphatic rings. The molecule has 0 saturated carbocycles. The molecule has 0 heterocycles. The van der Waals surface area contributed by atoms with Gasteiger partial charge in [0.25, 0.3) is 0 Å². The minimum Gasteiger partial charge on any atom is -0.478 e. The van der Waals surface area contributed by atoms with Crippen LogP contribution in [0, 0.1) is 0 Å². The molecule has 1 aromatic rings. The zero-order chi connectivity index (χ0) is 14.1. The molecule has 0 fully saturated rings. The van der Waals surface area contributed by atoms with E-state index in [2.05, 4.69) is 11.9 Å². The van der Waals surface area contributed by atoms with Gasteiger partial charge in [-0.25, -0.2) is 4.79 Å². The Morgan fingerprint density at radius 2 is 2.32 bits per heavy atom. The van der Waals surface area contributed by atoms with E-state index in [-0.39, 0.29) is 0 Å². The minimum atomic E-state index is -0.917. The largest absolute Gasteiger partial charge is 0.478 e. The summed E-state index contributed by atoms with van der Waals surface area (Å²) in [6, 6.07) is 5.42. The average molecular weight is 281 g/mol. The molecule has 0 saturated heterocycles. The van der Waals surface area contributed by atoms with Crippen LogP contribution in [0.1, 0.15) is 16.8 Å². The van der Waals surface area contributed by atoms with Gasteiger partial charge in [0.05, 0.1) is 18.8 Å². The van der Waals surface area contributed by atoms with Gasteiger partial charge in [-0.05, 0) is 24.8 Å². The maximum Gasteiger partial charge on any atom is 0.338 e. The summed E-state index contributed by atoms with van der Waals surface area (Å²) in [4.78, 5) is 12.0. The van der Waals surface area contributed by atoms with Crippen molar-refractivity contribution in [3.05, 3.63) is 36.4 Å². The van der Waals surface area contributed by atoms with Crippen LogP contribution in [0.25, 0.3) is 0 Å². The van der Waals surface area contributed by atoms with Crippen molar-refractivity contribution in [3.8, 4) is 0 Å². The molecule has 0 aromatic heterocycles. The fraction of sp³-hybridized carbons (Fsp3) is 0.357. The van der Waals surface area contributed by atoms with Crippen LogP contribution in [-0.2, 0) is 4.74 Å². The van der Waals surface area contributed by atoms with E-state index in [4.69, 9.17) is 4.74 Å². The van der Waals surface area contributed by atoms with E-state index < -0.39 is 5.97 Å². The van der Waals surface area contributed by atoms with Gasteiger partial charge in [-0.15, -0.1) is 18.3 Å². The normalized spacial score (nSPS) is 10.2. The molecule has 4 nitrogen and oxygen atoms in total. The Labute approximate surface area is 117 Å². The summed E-state index contributed by atoms with van der Waals surface area (Å²) in [5.41, 5.74) is 0.952. The van der Waals surface area contributed by atoms with E-state index in [1.165, 1.54) is 11.8 Å². The fourth-order valence-corrected chi connectivity index (χ4v) is 2.21. The van der Waals surface area contributed by atoms with Crippen LogP contribution in [0.3, 0.4) is 0 Å². The number of carbonyl (C=O) groups is 1. The van der Waals surface area contributed by atoms with Crippen molar-refractivity contribution in [2.75, 3.05) is 31.3 Å². The third kappa shape index (κ3) is 4.96. The molecule has 104 valence electrons. The molecule has 0 radical (unpaired) electrons. The number of thioether (sulfide) groups is 1. The number of carboxylic acids is 1. The molecule has 0 aliphatic heterocycles. The lowest BCUT2D eigenvalue weighted by Gasteiger charge is -2.12. The summed E-state index contributed by atoms with van der Waals surface area (Å²) in [6.45, 7) is 5.37. The predicted molar refractivity (Wildman–Crippen MR) is 79.3 cm³/mol. The Kier molecular flexibility index (Phi) is 7.07. The van der Waals surface area contributed by atoms with Crippen LogP contribution in [-0.4, -0.2) is 37.1 Å². The van der Waals surface area contributed by atoms with Gasteiger partial charge in [0.2, 0.25) is 0 Å². The second-order valence-corrected chi connectivity index (χ2v) is 4.65. The topological polar surface area (TPSA) is 58.6 Å². The quantitative estimate of drug-likeness (QED) is 0.414. The molecule has 0 bridgehead atoms. The van der Waals surface area contributed by atoms with Crippen molar-refractivity contribution in [3.63, 3.8) is 0 Å². The summed E-state index contributed by atoms with van der Waals surface area (Å²) in [7, 11) is 0. The average Bonchev–Trinajstić information content (AvgIpc) is 2.42. The second-order valence-electron chi connectivity index (χ2n) is 3.80. The number of aromatic carboxylic acids is 1. The van der Waals surface area contributed by atoms with Gasteiger partial charge in [-0.2, -0.15) is 0 Å². The summed E-state index contributed by atoms with van der Waals surface area (Å²) in [5.74, 6) is -0.917. The fourth-order valence-electron chi connectivity index (χ4n) is 1.60. The lowest BCUT2D eigenvalue weighted by molar-refractivity contribution is 0.0694. The highest BCUT2D eigenvalue weighted by Crippen LogP contribution is 2.26. The highest BCUT2D eigenvalue weighted by Gasteiger charge is 2.14. The van der Waals surface area contributed by atoms with Crippen LogP contribution in [0.2, 0.25) is 0 Å². The maximum absolute atomic E-state index is 11.3. The first-order valence-electron chi connectivity index (χ1n) is 6.03. The van der Waals surface area contributed by atoms with Gasteiger partial charge < -0.3 is 15.2 Å². The molecule has 2 N–H and O–H groups in total. The van der Waals surface area contributed by atoms with Crippen LogP contribution in [0.5, 0.6) is 0 Å². The van der Waals surface area contributed by atoms with Crippen molar-refractivity contribution >= 4 is 23.4 Å².